The number of hydrogen-bond acceptors (Lipinski definition) is 1. The number of aliphatic hydroxyl groups excluding tert-OH is 1. The molecule has 40 valence electrons. The molecule has 0 amide bonds. The van der Waals surface area contributed by atoms with E-state index in [1.807, 2.05) is 26.9 Å². The van der Waals surface area contributed by atoms with Gasteiger partial charge >= 0.3 is 0 Å². The second-order valence-electron chi connectivity index (χ2n) is 2.49. The molecule has 0 saturated heterocycles. The molecular formula is C6H10O. The van der Waals surface area contributed by atoms with Crippen molar-refractivity contribution in [3.8, 4) is 12.0 Å². The topological polar surface area (TPSA) is 20.2 Å². The Morgan fingerprint density at radius 2 is 1.71 bits per heavy atom. The molecule has 0 bridgehead atoms. The van der Waals surface area contributed by atoms with Gasteiger partial charge in [-0.15, -0.1) is 0 Å². The molecule has 0 rings (SSSR count). The van der Waals surface area contributed by atoms with Gasteiger partial charge in [0.05, 0.1) is 0 Å². The highest BCUT2D eigenvalue weighted by molar-refractivity contribution is 5.00. The third-order valence-corrected chi connectivity index (χ3v) is 0.431. The van der Waals surface area contributed by atoms with Crippen LogP contribution in [-0.4, -0.2) is 5.11 Å². The van der Waals surface area contributed by atoms with Gasteiger partial charge in [0.1, 0.15) is 6.11 Å². The molecule has 7 heavy (non-hydrogen) atoms. The van der Waals surface area contributed by atoms with Crippen molar-refractivity contribution in [1.29, 1.82) is 0 Å². The quantitative estimate of drug-likeness (QED) is 0.453. The molecule has 1 heteroatoms. The Morgan fingerprint density at radius 1 is 1.29 bits per heavy atom. The molecule has 0 aromatic heterocycles. The predicted octanol–water partition coefficient (Wildman–Crippen LogP) is 1.37. The van der Waals surface area contributed by atoms with Gasteiger partial charge in [0.25, 0.3) is 0 Å². The first kappa shape index (κ1) is 6.36. The first-order chi connectivity index (χ1) is 3.06. The fourth-order valence-electron chi connectivity index (χ4n) is 0.168. The standard InChI is InChI=1S/C6H10O/c1-6(2,3)4-5-7/h7H,1-3H3. The van der Waals surface area contributed by atoms with E-state index in [-0.39, 0.29) is 5.41 Å². The van der Waals surface area contributed by atoms with Gasteiger partial charge in [0, 0.05) is 5.41 Å². The zero-order valence-corrected chi connectivity index (χ0v) is 4.95. The highest BCUT2D eigenvalue weighted by Gasteiger charge is 2.02. The fraction of sp³-hybridized carbons (Fsp3) is 0.667. The Balaban J connectivity index is 3.72. The van der Waals surface area contributed by atoms with Crippen LogP contribution in [0, 0.1) is 17.4 Å². The number of aliphatic hydroxyl groups is 1. The van der Waals surface area contributed by atoms with Crippen molar-refractivity contribution in [3.05, 3.63) is 0 Å². The van der Waals surface area contributed by atoms with Crippen LogP contribution in [0.3, 0.4) is 0 Å². The minimum atomic E-state index is -0.0608. The van der Waals surface area contributed by atoms with Crippen molar-refractivity contribution in [1.82, 2.24) is 0 Å². The molecule has 0 aliphatic rings. The molecule has 0 heterocycles. The van der Waals surface area contributed by atoms with Gasteiger partial charge in [0.2, 0.25) is 0 Å². The smallest absolute Gasteiger partial charge is 0.107 e. The third-order valence-electron chi connectivity index (χ3n) is 0.431. The van der Waals surface area contributed by atoms with Crippen LogP contribution in [0.15, 0.2) is 0 Å². The lowest BCUT2D eigenvalue weighted by atomic mass is 9.99. The molecular weight excluding hydrogens is 88.1 g/mol. The van der Waals surface area contributed by atoms with Crippen LogP contribution in [0.1, 0.15) is 20.8 Å². The lowest BCUT2D eigenvalue weighted by Gasteiger charge is -2.04. The van der Waals surface area contributed by atoms with E-state index in [9.17, 15) is 0 Å². The summed E-state index contributed by atoms with van der Waals surface area (Å²) >= 11 is 0. The lowest BCUT2D eigenvalue weighted by molar-refractivity contribution is 0.500. The second kappa shape index (κ2) is 1.88. The maximum absolute atomic E-state index is 8.04. The Hall–Kier alpha value is -0.640. The van der Waals surface area contributed by atoms with Gasteiger partial charge in [-0.1, -0.05) is 5.92 Å². The molecule has 0 fully saturated rings. The van der Waals surface area contributed by atoms with Crippen LogP contribution in [0.4, 0.5) is 0 Å². The average Bonchev–Trinajstić information content (AvgIpc) is 1.30. The van der Waals surface area contributed by atoms with E-state index in [2.05, 4.69) is 5.92 Å². The average molecular weight is 98.1 g/mol. The van der Waals surface area contributed by atoms with Gasteiger partial charge in [0.15, 0.2) is 0 Å². The first-order valence-corrected chi connectivity index (χ1v) is 2.22. The summed E-state index contributed by atoms with van der Waals surface area (Å²) in [5.74, 6) is 2.59. The van der Waals surface area contributed by atoms with E-state index >= 15 is 0 Å². The highest BCUT2D eigenvalue weighted by atomic mass is 16.2. The van der Waals surface area contributed by atoms with Crippen molar-refractivity contribution in [3.63, 3.8) is 0 Å². The van der Waals surface area contributed by atoms with E-state index in [4.69, 9.17) is 5.11 Å². The molecule has 0 unspecified atom stereocenters. The van der Waals surface area contributed by atoms with Gasteiger partial charge < -0.3 is 5.11 Å². The minimum absolute atomic E-state index is 0.0608. The summed E-state index contributed by atoms with van der Waals surface area (Å²) in [5, 5.41) is 8.04. The molecule has 0 aromatic rings. The summed E-state index contributed by atoms with van der Waals surface area (Å²) < 4.78 is 0. The van der Waals surface area contributed by atoms with Crippen LogP contribution < -0.4 is 0 Å². The summed E-state index contributed by atoms with van der Waals surface area (Å²) in [5.41, 5.74) is -0.0608. The SMILES string of the molecule is CC(C)(C)C#CO. The van der Waals surface area contributed by atoms with Gasteiger partial charge in [-0.25, -0.2) is 0 Å². The van der Waals surface area contributed by atoms with E-state index in [0.29, 0.717) is 0 Å². The van der Waals surface area contributed by atoms with E-state index in [0.717, 1.165) is 0 Å². The molecule has 0 aliphatic carbocycles. The molecule has 0 spiro atoms. The molecule has 0 aromatic carbocycles. The zero-order valence-electron chi connectivity index (χ0n) is 4.95. The number of rotatable bonds is 0. The van der Waals surface area contributed by atoms with E-state index in [1.165, 1.54) is 0 Å². The number of hydrogen-bond donors (Lipinski definition) is 1. The van der Waals surface area contributed by atoms with Crippen LogP contribution in [0.2, 0.25) is 0 Å². The zero-order chi connectivity index (χ0) is 5.91. The molecule has 0 aliphatic heterocycles. The van der Waals surface area contributed by atoms with Crippen molar-refractivity contribution in [2.45, 2.75) is 20.8 Å². The monoisotopic (exact) mass is 98.1 g/mol. The second-order valence-corrected chi connectivity index (χ2v) is 2.49. The van der Waals surface area contributed by atoms with E-state index < -0.39 is 0 Å². The summed E-state index contributed by atoms with van der Waals surface area (Å²) in [7, 11) is 0. The molecule has 1 N–H and O–H groups in total. The normalized spacial score (nSPS) is 9.57. The first-order valence-electron chi connectivity index (χ1n) is 2.22. The minimum Gasteiger partial charge on any atom is -0.462 e. The third kappa shape index (κ3) is 5.36. The van der Waals surface area contributed by atoms with Crippen LogP contribution >= 0.6 is 0 Å². The van der Waals surface area contributed by atoms with Gasteiger partial charge in [-0.2, -0.15) is 0 Å². The Labute approximate surface area is 44.4 Å². The Bertz CT molecular complexity index is 97.6. The summed E-state index contributed by atoms with van der Waals surface area (Å²) in [6, 6.07) is 0. The summed E-state index contributed by atoms with van der Waals surface area (Å²) in [4.78, 5) is 0. The van der Waals surface area contributed by atoms with Gasteiger partial charge in [-0.05, 0) is 20.8 Å². The van der Waals surface area contributed by atoms with Crippen LogP contribution in [0.5, 0.6) is 0 Å². The molecule has 0 saturated carbocycles. The van der Waals surface area contributed by atoms with E-state index in [1.54, 1.807) is 0 Å². The van der Waals surface area contributed by atoms with Gasteiger partial charge in [-0.3, -0.25) is 0 Å². The fourth-order valence-corrected chi connectivity index (χ4v) is 0.168. The molecule has 1 nitrogen and oxygen atoms in total. The summed E-state index contributed by atoms with van der Waals surface area (Å²) in [6.07, 6.45) is 1.86. The van der Waals surface area contributed by atoms with Crippen LogP contribution in [0.25, 0.3) is 0 Å². The molecule has 0 radical (unpaired) electrons. The Morgan fingerprint density at radius 3 is 1.71 bits per heavy atom. The highest BCUT2D eigenvalue weighted by Crippen LogP contribution is 2.08. The van der Waals surface area contributed by atoms with Crippen molar-refractivity contribution < 1.29 is 5.11 Å². The Kier molecular flexibility index (Phi) is 1.71. The van der Waals surface area contributed by atoms with Crippen molar-refractivity contribution in [2.24, 2.45) is 5.41 Å². The molecule has 0 atom stereocenters. The van der Waals surface area contributed by atoms with Crippen molar-refractivity contribution in [2.75, 3.05) is 0 Å². The maximum Gasteiger partial charge on any atom is 0.107 e. The van der Waals surface area contributed by atoms with Crippen LogP contribution in [-0.2, 0) is 0 Å². The van der Waals surface area contributed by atoms with Crippen molar-refractivity contribution >= 4 is 0 Å². The largest absolute Gasteiger partial charge is 0.462 e. The summed E-state index contributed by atoms with van der Waals surface area (Å²) in [6.45, 7) is 5.82. The lowest BCUT2D eigenvalue weighted by Crippen LogP contribution is -1.98. The predicted molar refractivity (Wildman–Crippen MR) is 29.2 cm³/mol. The maximum atomic E-state index is 8.04.